The molecule has 0 amide bonds. The molecule has 15 heavy (non-hydrogen) atoms. The van der Waals surface area contributed by atoms with E-state index in [0.717, 1.165) is 19.5 Å². The summed E-state index contributed by atoms with van der Waals surface area (Å²) in [6.45, 7) is 6.34. The standard InChI is InChI=1S/C12H17BrN2/c1-8-5-11(6-9(2)12(8)13)15-4-3-10(14)7-15/h5-6,10H,3-4,7,14H2,1-2H3. The fourth-order valence-corrected chi connectivity index (χ4v) is 2.36. The molecule has 0 aromatic heterocycles. The summed E-state index contributed by atoms with van der Waals surface area (Å²) in [4.78, 5) is 2.37. The van der Waals surface area contributed by atoms with Gasteiger partial charge in [-0.05, 0) is 43.5 Å². The lowest BCUT2D eigenvalue weighted by molar-refractivity contribution is 0.752. The van der Waals surface area contributed by atoms with Gasteiger partial charge in [-0.1, -0.05) is 15.9 Å². The van der Waals surface area contributed by atoms with E-state index in [1.165, 1.54) is 21.3 Å². The number of benzene rings is 1. The second-order valence-corrected chi connectivity index (χ2v) is 5.18. The summed E-state index contributed by atoms with van der Waals surface area (Å²) in [5.74, 6) is 0. The third kappa shape index (κ3) is 2.18. The smallest absolute Gasteiger partial charge is 0.0372 e. The van der Waals surface area contributed by atoms with Gasteiger partial charge in [0.05, 0.1) is 0 Å². The van der Waals surface area contributed by atoms with Crippen LogP contribution >= 0.6 is 15.9 Å². The van der Waals surface area contributed by atoms with Crippen molar-refractivity contribution in [3.63, 3.8) is 0 Å². The molecular weight excluding hydrogens is 252 g/mol. The van der Waals surface area contributed by atoms with Gasteiger partial charge < -0.3 is 10.6 Å². The summed E-state index contributed by atoms with van der Waals surface area (Å²) < 4.78 is 1.22. The van der Waals surface area contributed by atoms with Crippen molar-refractivity contribution in [3.8, 4) is 0 Å². The Labute approximate surface area is 99.6 Å². The zero-order valence-electron chi connectivity index (χ0n) is 9.26. The maximum atomic E-state index is 5.92. The van der Waals surface area contributed by atoms with Crippen LogP contribution in [0.25, 0.3) is 0 Å². The first-order valence-corrected chi connectivity index (χ1v) is 6.14. The maximum Gasteiger partial charge on any atom is 0.0372 e. The highest BCUT2D eigenvalue weighted by Gasteiger charge is 2.19. The van der Waals surface area contributed by atoms with Crippen molar-refractivity contribution in [1.82, 2.24) is 0 Å². The highest BCUT2D eigenvalue weighted by molar-refractivity contribution is 9.10. The molecule has 2 nitrogen and oxygen atoms in total. The molecule has 1 aromatic rings. The van der Waals surface area contributed by atoms with E-state index in [1.807, 2.05) is 0 Å². The Kier molecular flexibility index (Phi) is 3.03. The number of anilines is 1. The Morgan fingerprint density at radius 3 is 2.40 bits per heavy atom. The summed E-state index contributed by atoms with van der Waals surface area (Å²) in [5, 5.41) is 0. The highest BCUT2D eigenvalue weighted by Crippen LogP contribution is 2.28. The topological polar surface area (TPSA) is 29.3 Å². The van der Waals surface area contributed by atoms with E-state index in [9.17, 15) is 0 Å². The van der Waals surface area contributed by atoms with Gasteiger partial charge in [-0.15, -0.1) is 0 Å². The zero-order chi connectivity index (χ0) is 11.0. The Hall–Kier alpha value is -0.540. The average Bonchev–Trinajstić information content (AvgIpc) is 2.60. The van der Waals surface area contributed by atoms with Gasteiger partial charge in [-0.2, -0.15) is 0 Å². The number of hydrogen-bond acceptors (Lipinski definition) is 2. The first-order chi connectivity index (χ1) is 7.08. The van der Waals surface area contributed by atoms with Crippen molar-refractivity contribution in [2.45, 2.75) is 26.3 Å². The second-order valence-electron chi connectivity index (χ2n) is 4.39. The van der Waals surface area contributed by atoms with Crippen molar-refractivity contribution < 1.29 is 0 Å². The van der Waals surface area contributed by atoms with Crippen molar-refractivity contribution in [1.29, 1.82) is 0 Å². The number of nitrogens with zero attached hydrogens (tertiary/aromatic N) is 1. The van der Waals surface area contributed by atoms with Crippen molar-refractivity contribution >= 4 is 21.6 Å². The maximum absolute atomic E-state index is 5.92. The van der Waals surface area contributed by atoms with Gasteiger partial charge >= 0.3 is 0 Å². The number of halogens is 1. The van der Waals surface area contributed by atoms with E-state index in [4.69, 9.17) is 5.73 Å². The highest BCUT2D eigenvalue weighted by atomic mass is 79.9. The third-order valence-corrected chi connectivity index (χ3v) is 4.26. The average molecular weight is 269 g/mol. The first kappa shape index (κ1) is 11.0. The minimum atomic E-state index is 0.342. The van der Waals surface area contributed by atoms with E-state index in [-0.39, 0.29) is 0 Å². The lowest BCUT2D eigenvalue weighted by Crippen LogP contribution is -2.26. The molecule has 0 aliphatic carbocycles. The number of hydrogen-bond donors (Lipinski definition) is 1. The largest absolute Gasteiger partial charge is 0.370 e. The normalized spacial score (nSPS) is 21.1. The molecule has 1 fully saturated rings. The van der Waals surface area contributed by atoms with Gasteiger partial charge in [0.15, 0.2) is 0 Å². The van der Waals surface area contributed by atoms with Crippen LogP contribution in [0, 0.1) is 13.8 Å². The Morgan fingerprint density at radius 2 is 1.93 bits per heavy atom. The van der Waals surface area contributed by atoms with Crippen LogP contribution in [0.15, 0.2) is 16.6 Å². The second kappa shape index (κ2) is 4.14. The molecule has 1 atom stereocenters. The van der Waals surface area contributed by atoms with Crippen molar-refractivity contribution in [3.05, 3.63) is 27.7 Å². The number of aryl methyl sites for hydroxylation is 2. The minimum absolute atomic E-state index is 0.342. The third-order valence-electron chi connectivity index (χ3n) is 3.01. The molecule has 1 saturated heterocycles. The summed E-state index contributed by atoms with van der Waals surface area (Å²) in [5.41, 5.74) is 9.82. The number of rotatable bonds is 1. The molecule has 82 valence electrons. The van der Waals surface area contributed by atoms with E-state index in [2.05, 4.69) is 46.8 Å². The number of nitrogens with two attached hydrogens (primary N) is 1. The molecular formula is C12H17BrN2. The van der Waals surface area contributed by atoms with Crippen LogP contribution in [-0.4, -0.2) is 19.1 Å². The van der Waals surface area contributed by atoms with Crippen LogP contribution in [0.5, 0.6) is 0 Å². The molecule has 2 N–H and O–H groups in total. The summed E-state index contributed by atoms with van der Waals surface area (Å²) in [7, 11) is 0. The molecule has 0 saturated carbocycles. The Bertz CT molecular complexity index is 353. The molecule has 1 aliphatic rings. The predicted molar refractivity (Wildman–Crippen MR) is 68.4 cm³/mol. The molecule has 3 heteroatoms. The van der Waals surface area contributed by atoms with E-state index >= 15 is 0 Å². The summed E-state index contributed by atoms with van der Waals surface area (Å²) in [6.07, 6.45) is 1.11. The Balaban J connectivity index is 2.29. The van der Waals surface area contributed by atoms with Gasteiger partial charge in [0.25, 0.3) is 0 Å². The molecule has 0 radical (unpaired) electrons. The van der Waals surface area contributed by atoms with E-state index in [0.29, 0.717) is 6.04 Å². The lowest BCUT2D eigenvalue weighted by Gasteiger charge is -2.20. The minimum Gasteiger partial charge on any atom is -0.370 e. The fraction of sp³-hybridized carbons (Fsp3) is 0.500. The van der Waals surface area contributed by atoms with Crippen LogP contribution in [0.1, 0.15) is 17.5 Å². The van der Waals surface area contributed by atoms with Crippen LogP contribution in [0.2, 0.25) is 0 Å². The summed E-state index contributed by atoms with van der Waals surface area (Å²) >= 11 is 3.59. The van der Waals surface area contributed by atoms with Crippen LogP contribution in [-0.2, 0) is 0 Å². The van der Waals surface area contributed by atoms with Gasteiger partial charge in [0, 0.05) is 29.3 Å². The van der Waals surface area contributed by atoms with E-state index < -0.39 is 0 Å². The fourth-order valence-electron chi connectivity index (χ4n) is 2.13. The predicted octanol–water partition coefficient (Wildman–Crippen LogP) is 2.60. The molecule has 1 heterocycles. The zero-order valence-corrected chi connectivity index (χ0v) is 10.8. The van der Waals surface area contributed by atoms with Crippen molar-refractivity contribution in [2.75, 3.05) is 18.0 Å². The molecule has 2 rings (SSSR count). The molecule has 1 aliphatic heterocycles. The molecule has 0 spiro atoms. The van der Waals surface area contributed by atoms with Gasteiger partial charge in [0.2, 0.25) is 0 Å². The van der Waals surface area contributed by atoms with Crippen LogP contribution in [0.3, 0.4) is 0 Å². The van der Waals surface area contributed by atoms with Crippen LogP contribution < -0.4 is 10.6 Å². The molecule has 0 bridgehead atoms. The SMILES string of the molecule is Cc1cc(N2CCC(N)C2)cc(C)c1Br. The van der Waals surface area contributed by atoms with Crippen molar-refractivity contribution in [2.24, 2.45) is 5.73 Å². The molecule has 1 aromatic carbocycles. The monoisotopic (exact) mass is 268 g/mol. The Morgan fingerprint density at radius 1 is 1.33 bits per heavy atom. The van der Waals surface area contributed by atoms with Gasteiger partial charge in [0.1, 0.15) is 0 Å². The van der Waals surface area contributed by atoms with Gasteiger partial charge in [-0.25, -0.2) is 0 Å². The summed E-state index contributed by atoms with van der Waals surface area (Å²) in [6, 6.07) is 4.80. The quantitative estimate of drug-likeness (QED) is 0.849. The first-order valence-electron chi connectivity index (χ1n) is 5.35. The van der Waals surface area contributed by atoms with E-state index in [1.54, 1.807) is 0 Å². The van der Waals surface area contributed by atoms with Gasteiger partial charge in [-0.3, -0.25) is 0 Å². The lowest BCUT2D eigenvalue weighted by atomic mass is 10.1. The van der Waals surface area contributed by atoms with Crippen LogP contribution in [0.4, 0.5) is 5.69 Å². The molecule has 1 unspecified atom stereocenters.